The Morgan fingerprint density at radius 1 is 1.27 bits per heavy atom. The molecular formula is C15H21BClNO4. The molecule has 0 amide bonds. The molecule has 2 aliphatic heterocycles. The van der Waals surface area contributed by atoms with Crippen molar-refractivity contribution >= 4 is 24.2 Å². The fourth-order valence-corrected chi connectivity index (χ4v) is 2.57. The first-order valence-corrected chi connectivity index (χ1v) is 7.92. The third-order valence-electron chi connectivity index (χ3n) is 4.54. The summed E-state index contributed by atoms with van der Waals surface area (Å²) in [6.45, 7) is 9.37. The predicted molar refractivity (Wildman–Crippen MR) is 84.8 cm³/mol. The summed E-state index contributed by atoms with van der Waals surface area (Å²) >= 11 is 6.13. The Kier molecular flexibility index (Phi) is 4.14. The van der Waals surface area contributed by atoms with E-state index in [0.717, 1.165) is 11.9 Å². The number of nitrogens with zero attached hydrogens (tertiary/aromatic N) is 1. The van der Waals surface area contributed by atoms with Gasteiger partial charge in [-0.05, 0) is 33.8 Å². The molecule has 2 fully saturated rings. The van der Waals surface area contributed by atoms with E-state index in [9.17, 15) is 0 Å². The zero-order chi connectivity index (χ0) is 16.0. The van der Waals surface area contributed by atoms with Crippen molar-refractivity contribution in [2.24, 2.45) is 0 Å². The summed E-state index contributed by atoms with van der Waals surface area (Å²) < 4.78 is 23.3. The summed E-state index contributed by atoms with van der Waals surface area (Å²) in [5.74, 6) is 0.546. The smallest absolute Gasteiger partial charge is 0.485 e. The normalized spacial score (nSPS) is 26.4. The van der Waals surface area contributed by atoms with Crippen LogP contribution >= 0.6 is 11.6 Å². The van der Waals surface area contributed by atoms with Crippen molar-refractivity contribution in [2.45, 2.75) is 51.4 Å². The first kappa shape index (κ1) is 16.1. The van der Waals surface area contributed by atoms with Gasteiger partial charge in [0.2, 0.25) is 0 Å². The number of aromatic nitrogens is 1. The van der Waals surface area contributed by atoms with E-state index in [1.165, 1.54) is 0 Å². The van der Waals surface area contributed by atoms with Gasteiger partial charge in [0.15, 0.2) is 10.9 Å². The minimum Gasteiger partial charge on any atom is -0.485 e. The van der Waals surface area contributed by atoms with Crippen molar-refractivity contribution in [1.29, 1.82) is 0 Å². The van der Waals surface area contributed by atoms with Crippen LogP contribution in [-0.2, 0) is 14.0 Å². The average Bonchev–Trinajstić information content (AvgIpc) is 2.99. The Bertz CT molecular complexity index is 544. The van der Waals surface area contributed by atoms with Gasteiger partial charge in [-0.2, -0.15) is 0 Å². The maximum Gasteiger partial charge on any atom is 0.496 e. The van der Waals surface area contributed by atoms with Gasteiger partial charge in [0.25, 0.3) is 0 Å². The van der Waals surface area contributed by atoms with E-state index < -0.39 is 18.3 Å². The minimum absolute atomic E-state index is 0.0212. The summed E-state index contributed by atoms with van der Waals surface area (Å²) in [5.41, 5.74) is 0.0202. The molecule has 0 aromatic carbocycles. The second-order valence-corrected chi connectivity index (χ2v) is 7.11. The molecule has 0 aliphatic carbocycles. The van der Waals surface area contributed by atoms with E-state index >= 15 is 0 Å². The topological polar surface area (TPSA) is 49.8 Å². The third kappa shape index (κ3) is 2.97. The van der Waals surface area contributed by atoms with E-state index in [2.05, 4.69) is 4.98 Å². The largest absolute Gasteiger partial charge is 0.496 e. The van der Waals surface area contributed by atoms with Crippen LogP contribution in [0.5, 0.6) is 5.75 Å². The lowest BCUT2D eigenvalue weighted by Gasteiger charge is -2.32. The molecule has 7 heteroatoms. The lowest BCUT2D eigenvalue weighted by atomic mass is 9.80. The molecule has 3 rings (SSSR count). The number of hydrogen-bond acceptors (Lipinski definition) is 5. The van der Waals surface area contributed by atoms with Crippen molar-refractivity contribution in [2.75, 3.05) is 13.2 Å². The summed E-state index contributed by atoms with van der Waals surface area (Å²) in [4.78, 5) is 4.20. The maximum absolute atomic E-state index is 6.13. The molecule has 0 radical (unpaired) electrons. The Morgan fingerprint density at radius 3 is 2.55 bits per heavy atom. The number of pyridine rings is 1. The molecule has 1 unspecified atom stereocenters. The van der Waals surface area contributed by atoms with Crippen molar-refractivity contribution in [3.05, 3.63) is 17.4 Å². The van der Waals surface area contributed by atoms with Crippen LogP contribution < -0.4 is 10.2 Å². The second kappa shape index (κ2) is 5.67. The molecule has 3 heterocycles. The first-order valence-electron chi connectivity index (χ1n) is 7.54. The molecule has 5 nitrogen and oxygen atoms in total. The Labute approximate surface area is 136 Å². The van der Waals surface area contributed by atoms with E-state index in [-0.39, 0.29) is 6.10 Å². The molecule has 1 aromatic rings. The molecule has 2 saturated heterocycles. The third-order valence-corrected chi connectivity index (χ3v) is 4.82. The van der Waals surface area contributed by atoms with Gasteiger partial charge >= 0.3 is 7.12 Å². The quantitative estimate of drug-likeness (QED) is 0.630. The highest BCUT2D eigenvalue weighted by molar-refractivity contribution is 6.62. The number of ether oxygens (including phenoxy) is 2. The van der Waals surface area contributed by atoms with Gasteiger partial charge < -0.3 is 18.8 Å². The van der Waals surface area contributed by atoms with Gasteiger partial charge in [0, 0.05) is 18.1 Å². The number of halogens is 1. The summed E-state index contributed by atoms with van der Waals surface area (Å²) in [7, 11) is -0.475. The molecule has 0 saturated carbocycles. The van der Waals surface area contributed by atoms with E-state index in [1.807, 2.05) is 33.8 Å². The van der Waals surface area contributed by atoms with Gasteiger partial charge in [-0.25, -0.2) is 4.98 Å². The lowest BCUT2D eigenvalue weighted by Crippen LogP contribution is -2.41. The lowest BCUT2D eigenvalue weighted by molar-refractivity contribution is 0.00578. The fourth-order valence-electron chi connectivity index (χ4n) is 2.42. The highest BCUT2D eigenvalue weighted by Crippen LogP contribution is 2.36. The van der Waals surface area contributed by atoms with Crippen molar-refractivity contribution in [1.82, 2.24) is 4.98 Å². The van der Waals surface area contributed by atoms with Crippen LogP contribution in [0, 0.1) is 0 Å². The molecule has 2 aliphatic rings. The first-order chi connectivity index (χ1) is 10.3. The summed E-state index contributed by atoms with van der Waals surface area (Å²) in [6, 6.07) is 1.84. The molecular weight excluding hydrogens is 304 g/mol. The summed E-state index contributed by atoms with van der Waals surface area (Å²) in [5, 5.41) is 0.340. The zero-order valence-corrected chi connectivity index (χ0v) is 14.1. The minimum atomic E-state index is -0.475. The van der Waals surface area contributed by atoms with Crippen LogP contribution in [0.3, 0.4) is 0 Å². The fraction of sp³-hybridized carbons (Fsp3) is 0.667. The Hall–Kier alpha value is -0.815. The average molecular weight is 326 g/mol. The molecule has 1 atom stereocenters. The van der Waals surface area contributed by atoms with Crippen molar-refractivity contribution in [3.8, 4) is 5.75 Å². The Balaban J connectivity index is 1.80. The van der Waals surface area contributed by atoms with Gasteiger partial charge in [0.1, 0.15) is 6.10 Å². The Morgan fingerprint density at radius 2 is 1.95 bits per heavy atom. The van der Waals surface area contributed by atoms with E-state index in [1.54, 1.807) is 6.20 Å². The van der Waals surface area contributed by atoms with E-state index in [4.69, 9.17) is 30.4 Å². The monoisotopic (exact) mass is 325 g/mol. The maximum atomic E-state index is 6.13. The zero-order valence-electron chi connectivity index (χ0n) is 13.4. The van der Waals surface area contributed by atoms with Gasteiger partial charge in [-0.3, -0.25) is 0 Å². The van der Waals surface area contributed by atoms with Crippen LogP contribution in [0.25, 0.3) is 0 Å². The van der Waals surface area contributed by atoms with Crippen LogP contribution in [0.2, 0.25) is 5.15 Å². The summed E-state index contributed by atoms with van der Waals surface area (Å²) in [6.07, 6.45) is 2.55. The highest BCUT2D eigenvalue weighted by atomic mass is 35.5. The molecule has 0 spiro atoms. The molecule has 0 N–H and O–H groups in total. The van der Waals surface area contributed by atoms with Gasteiger partial charge in [-0.15, -0.1) is 0 Å². The highest BCUT2D eigenvalue weighted by Gasteiger charge is 2.52. The van der Waals surface area contributed by atoms with Crippen LogP contribution in [0.4, 0.5) is 0 Å². The molecule has 0 bridgehead atoms. The SMILES string of the molecule is CC1(C)OB(c2cnc(Cl)c(OC3CCOC3)c2)OC1(C)C. The van der Waals surface area contributed by atoms with Gasteiger partial charge in [-0.1, -0.05) is 11.6 Å². The number of rotatable bonds is 3. The molecule has 22 heavy (non-hydrogen) atoms. The van der Waals surface area contributed by atoms with Crippen molar-refractivity contribution < 1.29 is 18.8 Å². The predicted octanol–water partition coefficient (Wildman–Crippen LogP) is 2.20. The number of hydrogen-bond donors (Lipinski definition) is 0. The van der Waals surface area contributed by atoms with Crippen LogP contribution in [0.15, 0.2) is 12.3 Å². The van der Waals surface area contributed by atoms with Crippen LogP contribution in [-0.4, -0.2) is 42.6 Å². The van der Waals surface area contributed by atoms with E-state index in [0.29, 0.717) is 24.1 Å². The van der Waals surface area contributed by atoms with Crippen LogP contribution in [0.1, 0.15) is 34.1 Å². The standard InChI is InChI=1S/C15H21BClNO4/c1-14(2)15(3,4)22-16(21-14)10-7-12(13(17)18-8-10)20-11-5-6-19-9-11/h7-8,11H,5-6,9H2,1-4H3. The van der Waals surface area contributed by atoms with Crippen molar-refractivity contribution in [3.63, 3.8) is 0 Å². The molecule has 1 aromatic heterocycles. The molecule has 120 valence electrons. The second-order valence-electron chi connectivity index (χ2n) is 6.75. The van der Waals surface area contributed by atoms with Gasteiger partial charge in [0.05, 0.1) is 24.4 Å².